The van der Waals surface area contributed by atoms with Crippen LogP contribution in [0.1, 0.15) is 44.1 Å². The van der Waals surface area contributed by atoms with Crippen LogP contribution in [0.2, 0.25) is 0 Å². The zero-order valence-electron chi connectivity index (χ0n) is 17.2. The average Bonchev–Trinajstić information content (AvgIpc) is 2.84. The number of hydrazone groups is 1. The molecule has 1 N–H and O–H groups in total. The predicted molar refractivity (Wildman–Crippen MR) is 109 cm³/mol. The van der Waals surface area contributed by atoms with Crippen molar-refractivity contribution in [1.29, 1.82) is 0 Å². The first-order valence-corrected chi connectivity index (χ1v) is 10.5. The van der Waals surface area contributed by atoms with E-state index in [1.165, 1.54) is 0 Å². The first kappa shape index (κ1) is 22.2. The zero-order valence-corrected chi connectivity index (χ0v) is 17.2. The van der Waals surface area contributed by atoms with Gasteiger partial charge < -0.3 is 9.80 Å². The Labute approximate surface area is 181 Å². The maximum atomic E-state index is 13.8. The van der Waals surface area contributed by atoms with Gasteiger partial charge >= 0.3 is 0 Å². The van der Waals surface area contributed by atoms with Crippen molar-refractivity contribution in [2.45, 2.75) is 38.5 Å². The van der Waals surface area contributed by atoms with Gasteiger partial charge in [0.05, 0.1) is 11.8 Å². The lowest BCUT2D eigenvalue weighted by atomic mass is 10.1. The Morgan fingerprint density at radius 2 is 1.06 bits per heavy atom. The molecule has 0 aliphatic carbocycles. The van der Waals surface area contributed by atoms with E-state index in [1.54, 1.807) is 0 Å². The molecule has 7 nitrogen and oxygen atoms in total. The molecule has 0 radical (unpaired) electrons. The van der Waals surface area contributed by atoms with Crippen LogP contribution in [0.15, 0.2) is 5.10 Å². The monoisotopic (exact) mass is 455 g/mol. The van der Waals surface area contributed by atoms with E-state index in [4.69, 9.17) is 0 Å². The number of aromatic nitrogens is 3. The minimum atomic E-state index is -2.22. The van der Waals surface area contributed by atoms with E-state index in [9.17, 15) is 22.0 Å². The highest BCUT2D eigenvalue weighted by Gasteiger charge is 2.25. The van der Waals surface area contributed by atoms with Gasteiger partial charge in [0.25, 0.3) is 0 Å². The van der Waals surface area contributed by atoms with Crippen LogP contribution >= 0.6 is 0 Å². The van der Waals surface area contributed by atoms with E-state index in [0.29, 0.717) is 18.1 Å². The number of rotatable bonds is 5. The average molecular weight is 455 g/mol. The molecular formula is C20H22F5N7. The molecular weight excluding hydrogens is 433 g/mol. The molecule has 2 saturated heterocycles. The fourth-order valence-corrected chi connectivity index (χ4v) is 3.76. The second-order valence-electron chi connectivity index (χ2n) is 7.71. The maximum Gasteiger partial charge on any atom is 0.250 e. The number of piperidine rings is 2. The second kappa shape index (κ2) is 9.61. The van der Waals surface area contributed by atoms with Crippen LogP contribution in [0.4, 0.5) is 39.8 Å². The van der Waals surface area contributed by atoms with E-state index in [-0.39, 0.29) is 5.95 Å². The van der Waals surface area contributed by atoms with Gasteiger partial charge in [0.1, 0.15) is 0 Å². The SMILES string of the molecule is Fc1c(F)c(F)c(/C=N/Nc2nc(N3CCCCC3)nc(N3CCCCC3)n2)c(F)c1F. The molecule has 0 unspecified atom stereocenters. The summed E-state index contributed by atoms with van der Waals surface area (Å²) in [5.41, 5.74) is 1.29. The summed E-state index contributed by atoms with van der Waals surface area (Å²) in [5, 5.41) is 3.62. The van der Waals surface area contributed by atoms with Crippen LogP contribution in [0, 0.1) is 29.1 Å². The van der Waals surface area contributed by atoms with Crippen molar-refractivity contribution in [2.75, 3.05) is 41.4 Å². The van der Waals surface area contributed by atoms with Crippen molar-refractivity contribution in [3.63, 3.8) is 0 Å². The van der Waals surface area contributed by atoms with E-state index >= 15 is 0 Å². The van der Waals surface area contributed by atoms with Crippen molar-refractivity contribution < 1.29 is 22.0 Å². The van der Waals surface area contributed by atoms with Gasteiger partial charge in [-0.1, -0.05) is 0 Å². The molecule has 2 aromatic rings. The van der Waals surface area contributed by atoms with Gasteiger partial charge in [-0.15, -0.1) is 0 Å². The lowest BCUT2D eigenvalue weighted by Gasteiger charge is -2.30. The largest absolute Gasteiger partial charge is 0.341 e. The van der Waals surface area contributed by atoms with E-state index in [2.05, 4.69) is 25.5 Å². The van der Waals surface area contributed by atoms with Gasteiger partial charge in [-0.3, -0.25) is 0 Å². The molecule has 0 bridgehead atoms. The summed E-state index contributed by atoms with van der Waals surface area (Å²) < 4.78 is 67.7. The van der Waals surface area contributed by atoms with Crippen LogP contribution < -0.4 is 15.2 Å². The molecule has 3 heterocycles. The number of hydrogen-bond acceptors (Lipinski definition) is 7. The number of hydrogen-bond donors (Lipinski definition) is 1. The summed E-state index contributed by atoms with van der Waals surface area (Å²) in [4.78, 5) is 17.3. The van der Waals surface area contributed by atoms with Crippen molar-refractivity contribution in [2.24, 2.45) is 5.10 Å². The molecule has 0 saturated carbocycles. The molecule has 172 valence electrons. The number of benzene rings is 1. The lowest BCUT2D eigenvalue weighted by molar-refractivity contribution is 0.377. The van der Waals surface area contributed by atoms with Gasteiger partial charge in [-0.25, -0.2) is 27.4 Å². The molecule has 2 aliphatic heterocycles. The van der Waals surface area contributed by atoms with Crippen LogP contribution in [0.3, 0.4) is 0 Å². The Morgan fingerprint density at radius 1 is 0.625 bits per heavy atom. The molecule has 0 amide bonds. The summed E-state index contributed by atoms with van der Waals surface area (Å²) in [6.07, 6.45) is 6.78. The Bertz CT molecular complexity index is 939. The molecule has 4 rings (SSSR count). The number of halogens is 5. The Balaban J connectivity index is 1.61. The number of nitrogens with one attached hydrogen (secondary N) is 1. The fourth-order valence-electron chi connectivity index (χ4n) is 3.76. The molecule has 0 spiro atoms. The Hall–Kier alpha value is -3.05. The van der Waals surface area contributed by atoms with Crippen molar-refractivity contribution >= 4 is 24.1 Å². The van der Waals surface area contributed by atoms with Gasteiger partial charge in [0, 0.05) is 26.2 Å². The van der Waals surface area contributed by atoms with Gasteiger partial charge in [-0.05, 0) is 38.5 Å². The van der Waals surface area contributed by atoms with Gasteiger partial charge in [0.15, 0.2) is 23.3 Å². The Morgan fingerprint density at radius 3 is 1.53 bits per heavy atom. The highest BCUT2D eigenvalue weighted by molar-refractivity contribution is 5.81. The van der Waals surface area contributed by atoms with E-state index < -0.39 is 34.6 Å². The summed E-state index contributed by atoms with van der Waals surface area (Å²) in [5.74, 6) is -9.31. The smallest absolute Gasteiger partial charge is 0.250 e. The normalized spacial score (nSPS) is 17.3. The first-order valence-electron chi connectivity index (χ1n) is 10.5. The summed E-state index contributed by atoms with van der Waals surface area (Å²) >= 11 is 0. The summed E-state index contributed by atoms with van der Waals surface area (Å²) in [6, 6.07) is 0. The first-order chi connectivity index (χ1) is 15.5. The van der Waals surface area contributed by atoms with Crippen LogP contribution in [-0.2, 0) is 0 Å². The third kappa shape index (κ3) is 4.58. The minimum Gasteiger partial charge on any atom is -0.341 e. The van der Waals surface area contributed by atoms with Crippen molar-refractivity contribution in [3.05, 3.63) is 34.6 Å². The third-order valence-electron chi connectivity index (χ3n) is 5.49. The fraction of sp³-hybridized carbons (Fsp3) is 0.500. The standard InChI is InChI=1S/C20H22F5N7/c21-13-12(14(22)16(24)17(25)15(13)23)11-26-30-18-27-19(31-7-3-1-4-8-31)29-20(28-18)32-9-5-2-6-10-32/h11H,1-10H2,(H,27,28,29,30)/b26-11+. The molecule has 32 heavy (non-hydrogen) atoms. The van der Waals surface area contributed by atoms with Gasteiger partial charge in [-0.2, -0.15) is 20.1 Å². The molecule has 2 aliphatic rings. The minimum absolute atomic E-state index is 0.0151. The lowest BCUT2D eigenvalue weighted by Crippen LogP contribution is -2.34. The van der Waals surface area contributed by atoms with Crippen molar-refractivity contribution in [1.82, 2.24) is 15.0 Å². The van der Waals surface area contributed by atoms with Crippen LogP contribution in [0.25, 0.3) is 0 Å². The topological polar surface area (TPSA) is 69.5 Å². The molecule has 1 aromatic heterocycles. The molecule has 1 aromatic carbocycles. The van der Waals surface area contributed by atoms with Crippen LogP contribution in [0.5, 0.6) is 0 Å². The van der Waals surface area contributed by atoms with Crippen LogP contribution in [-0.4, -0.2) is 47.3 Å². The predicted octanol–water partition coefficient (Wildman–Crippen LogP) is 3.99. The molecule has 12 heteroatoms. The third-order valence-corrected chi connectivity index (χ3v) is 5.49. The van der Waals surface area contributed by atoms with E-state index in [0.717, 1.165) is 64.7 Å². The number of anilines is 3. The quantitative estimate of drug-likeness (QED) is 0.242. The Kier molecular flexibility index (Phi) is 6.66. The zero-order chi connectivity index (χ0) is 22.7. The second-order valence-corrected chi connectivity index (χ2v) is 7.71. The highest BCUT2D eigenvalue weighted by Crippen LogP contribution is 2.24. The maximum absolute atomic E-state index is 13.8. The summed E-state index contributed by atoms with van der Waals surface area (Å²) in [7, 11) is 0. The van der Waals surface area contributed by atoms with E-state index in [1.807, 2.05) is 9.80 Å². The molecule has 0 atom stereocenters. The summed E-state index contributed by atoms with van der Waals surface area (Å²) in [6.45, 7) is 3.15. The van der Waals surface area contributed by atoms with Crippen molar-refractivity contribution in [3.8, 4) is 0 Å². The highest BCUT2D eigenvalue weighted by atomic mass is 19.2. The number of nitrogens with zero attached hydrogens (tertiary/aromatic N) is 6. The molecule has 2 fully saturated rings. The van der Waals surface area contributed by atoms with Gasteiger partial charge in [0.2, 0.25) is 23.7 Å².